The summed E-state index contributed by atoms with van der Waals surface area (Å²) in [7, 11) is 0. The highest BCUT2D eigenvalue weighted by Crippen LogP contribution is 2.28. The lowest BCUT2D eigenvalue weighted by Gasteiger charge is -2.26. The fourth-order valence-electron chi connectivity index (χ4n) is 4.07. The van der Waals surface area contributed by atoms with Crippen molar-refractivity contribution in [1.29, 1.82) is 0 Å². The third kappa shape index (κ3) is 4.37. The summed E-state index contributed by atoms with van der Waals surface area (Å²) in [6.07, 6.45) is 4.44. The average molecular weight is 397 g/mol. The molecule has 2 aliphatic heterocycles. The molecule has 2 aromatic rings. The number of benzene rings is 2. The summed E-state index contributed by atoms with van der Waals surface area (Å²) in [6, 6.07) is 9.52. The number of aliphatic imine (C=N–C) groups is 1. The van der Waals surface area contributed by atoms with E-state index in [4.69, 9.17) is 0 Å². The van der Waals surface area contributed by atoms with Crippen LogP contribution in [0, 0.1) is 11.6 Å². The van der Waals surface area contributed by atoms with E-state index in [9.17, 15) is 13.6 Å². The molecule has 0 aliphatic carbocycles. The van der Waals surface area contributed by atoms with E-state index < -0.39 is 11.6 Å². The van der Waals surface area contributed by atoms with Crippen LogP contribution in [0.2, 0.25) is 0 Å². The molecule has 0 spiro atoms. The van der Waals surface area contributed by atoms with Gasteiger partial charge in [-0.1, -0.05) is 30.7 Å². The van der Waals surface area contributed by atoms with E-state index in [2.05, 4.69) is 15.2 Å². The van der Waals surface area contributed by atoms with Crippen molar-refractivity contribution in [2.24, 2.45) is 4.99 Å². The molecule has 2 aliphatic rings. The molecule has 0 bridgehead atoms. The normalized spacial score (nSPS) is 16.8. The number of piperidine rings is 1. The quantitative estimate of drug-likeness (QED) is 0.838. The molecule has 1 amide bonds. The van der Waals surface area contributed by atoms with Crippen LogP contribution in [-0.4, -0.2) is 49.2 Å². The van der Waals surface area contributed by atoms with Crippen molar-refractivity contribution in [1.82, 2.24) is 10.2 Å². The minimum atomic E-state index is -0.885. The summed E-state index contributed by atoms with van der Waals surface area (Å²) in [5.41, 5.74) is 2.80. The van der Waals surface area contributed by atoms with E-state index in [0.29, 0.717) is 29.9 Å². The molecule has 0 saturated carbocycles. The van der Waals surface area contributed by atoms with Crippen molar-refractivity contribution in [2.45, 2.75) is 25.7 Å². The zero-order chi connectivity index (χ0) is 20.2. The van der Waals surface area contributed by atoms with Gasteiger partial charge in [0, 0.05) is 30.8 Å². The fraction of sp³-hybridized carbons (Fsp3) is 0.391. The summed E-state index contributed by atoms with van der Waals surface area (Å²) < 4.78 is 27.9. The largest absolute Gasteiger partial charge is 0.349 e. The SMILES string of the molecule is O=C(NCCN1CCCCC1)C1=NCCc2ccc(-c3cccc(F)c3F)cc21. The zero-order valence-corrected chi connectivity index (χ0v) is 16.4. The minimum Gasteiger partial charge on any atom is -0.349 e. The third-order valence-electron chi connectivity index (χ3n) is 5.66. The van der Waals surface area contributed by atoms with Gasteiger partial charge in [-0.15, -0.1) is 0 Å². The standard InChI is InChI=1S/C23H25F2N3O/c24-20-6-4-5-18(21(20)25)17-8-7-16-9-10-26-22(19(16)15-17)23(29)27-11-14-28-12-2-1-3-13-28/h4-8,15H,1-3,9-14H2,(H,27,29). The minimum absolute atomic E-state index is 0.184. The maximum atomic E-state index is 14.2. The Labute approximate surface area is 169 Å². The highest BCUT2D eigenvalue weighted by atomic mass is 19.2. The molecule has 152 valence electrons. The second-order valence-corrected chi connectivity index (χ2v) is 7.61. The molecule has 4 rings (SSSR count). The van der Waals surface area contributed by atoms with Crippen molar-refractivity contribution >= 4 is 11.6 Å². The summed E-state index contributed by atoms with van der Waals surface area (Å²) in [4.78, 5) is 19.6. The van der Waals surface area contributed by atoms with Gasteiger partial charge in [-0.25, -0.2) is 8.78 Å². The lowest BCUT2D eigenvalue weighted by molar-refractivity contribution is -0.114. The van der Waals surface area contributed by atoms with Gasteiger partial charge in [0.25, 0.3) is 5.91 Å². The molecule has 0 aromatic heterocycles. The number of carbonyl (C=O) groups is 1. The molecule has 1 N–H and O–H groups in total. The maximum Gasteiger partial charge on any atom is 0.270 e. The predicted octanol–water partition coefficient (Wildman–Crippen LogP) is 3.58. The second-order valence-electron chi connectivity index (χ2n) is 7.61. The zero-order valence-electron chi connectivity index (χ0n) is 16.4. The molecule has 2 aromatic carbocycles. The average Bonchev–Trinajstić information content (AvgIpc) is 2.75. The number of rotatable bonds is 5. The smallest absolute Gasteiger partial charge is 0.270 e. The first-order valence-corrected chi connectivity index (χ1v) is 10.3. The van der Waals surface area contributed by atoms with Crippen LogP contribution >= 0.6 is 0 Å². The molecule has 6 heteroatoms. The van der Waals surface area contributed by atoms with E-state index in [0.717, 1.165) is 37.7 Å². The molecular formula is C23H25F2N3O. The molecule has 0 unspecified atom stereocenters. The topological polar surface area (TPSA) is 44.7 Å². The molecular weight excluding hydrogens is 372 g/mol. The fourth-order valence-corrected chi connectivity index (χ4v) is 4.07. The molecule has 2 heterocycles. The van der Waals surface area contributed by atoms with Gasteiger partial charge in [-0.3, -0.25) is 9.79 Å². The number of amides is 1. The van der Waals surface area contributed by atoms with Crippen LogP contribution in [0.1, 0.15) is 30.4 Å². The molecule has 1 fully saturated rings. The van der Waals surface area contributed by atoms with Crippen LogP contribution in [0.25, 0.3) is 11.1 Å². The van der Waals surface area contributed by atoms with Crippen molar-refractivity contribution < 1.29 is 13.6 Å². The Bertz CT molecular complexity index is 936. The van der Waals surface area contributed by atoms with E-state index in [-0.39, 0.29) is 11.5 Å². The Morgan fingerprint density at radius 2 is 1.90 bits per heavy atom. The number of carbonyl (C=O) groups excluding carboxylic acids is 1. The van der Waals surface area contributed by atoms with Crippen LogP contribution in [-0.2, 0) is 11.2 Å². The van der Waals surface area contributed by atoms with E-state index in [1.165, 1.54) is 25.3 Å². The van der Waals surface area contributed by atoms with Gasteiger partial charge < -0.3 is 10.2 Å². The molecule has 4 nitrogen and oxygen atoms in total. The monoisotopic (exact) mass is 397 g/mol. The van der Waals surface area contributed by atoms with Crippen molar-refractivity contribution in [2.75, 3.05) is 32.7 Å². The van der Waals surface area contributed by atoms with Crippen molar-refractivity contribution in [3.05, 3.63) is 59.2 Å². The van der Waals surface area contributed by atoms with Gasteiger partial charge in [0.1, 0.15) is 5.71 Å². The summed E-state index contributed by atoms with van der Waals surface area (Å²) in [6.45, 7) is 4.13. The highest BCUT2D eigenvalue weighted by Gasteiger charge is 2.22. The summed E-state index contributed by atoms with van der Waals surface area (Å²) >= 11 is 0. The Hall–Kier alpha value is -2.60. The van der Waals surface area contributed by atoms with Gasteiger partial charge in [0.2, 0.25) is 0 Å². The van der Waals surface area contributed by atoms with Crippen LogP contribution in [0.4, 0.5) is 8.78 Å². The molecule has 0 atom stereocenters. The van der Waals surface area contributed by atoms with Crippen LogP contribution in [0.15, 0.2) is 41.4 Å². The lowest BCUT2D eigenvalue weighted by atomic mass is 9.92. The van der Waals surface area contributed by atoms with Gasteiger partial charge in [-0.2, -0.15) is 0 Å². The number of halogens is 2. The predicted molar refractivity (Wildman–Crippen MR) is 110 cm³/mol. The third-order valence-corrected chi connectivity index (χ3v) is 5.66. The second kappa shape index (κ2) is 8.82. The van der Waals surface area contributed by atoms with Crippen LogP contribution < -0.4 is 5.32 Å². The van der Waals surface area contributed by atoms with Gasteiger partial charge >= 0.3 is 0 Å². The molecule has 29 heavy (non-hydrogen) atoms. The van der Waals surface area contributed by atoms with Crippen LogP contribution in [0.5, 0.6) is 0 Å². The first kappa shape index (κ1) is 19.7. The first-order chi connectivity index (χ1) is 14.1. The van der Waals surface area contributed by atoms with E-state index in [1.807, 2.05) is 6.07 Å². The number of hydrogen-bond donors (Lipinski definition) is 1. The number of nitrogens with one attached hydrogen (secondary N) is 1. The Morgan fingerprint density at radius 1 is 1.07 bits per heavy atom. The summed E-state index contributed by atoms with van der Waals surface area (Å²) in [5, 5.41) is 2.97. The Kier molecular flexibility index (Phi) is 6.00. The van der Waals surface area contributed by atoms with Crippen LogP contribution in [0.3, 0.4) is 0 Å². The first-order valence-electron chi connectivity index (χ1n) is 10.3. The lowest BCUT2D eigenvalue weighted by Crippen LogP contribution is -2.40. The highest BCUT2D eigenvalue weighted by molar-refractivity contribution is 6.46. The number of nitrogens with zero attached hydrogens (tertiary/aromatic N) is 2. The maximum absolute atomic E-state index is 14.2. The van der Waals surface area contributed by atoms with E-state index >= 15 is 0 Å². The van der Waals surface area contributed by atoms with Gasteiger partial charge in [0.05, 0.1) is 0 Å². The van der Waals surface area contributed by atoms with E-state index in [1.54, 1.807) is 18.2 Å². The van der Waals surface area contributed by atoms with Crippen molar-refractivity contribution in [3.63, 3.8) is 0 Å². The number of hydrogen-bond acceptors (Lipinski definition) is 3. The Morgan fingerprint density at radius 3 is 2.72 bits per heavy atom. The molecule has 0 radical (unpaired) electrons. The van der Waals surface area contributed by atoms with Crippen molar-refractivity contribution in [3.8, 4) is 11.1 Å². The molecule has 1 saturated heterocycles. The summed E-state index contributed by atoms with van der Waals surface area (Å²) in [5.74, 6) is -1.97. The Balaban J connectivity index is 1.51. The van der Waals surface area contributed by atoms with Gasteiger partial charge in [0.15, 0.2) is 11.6 Å². The number of likely N-dealkylation sites (tertiary alicyclic amines) is 1. The van der Waals surface area contributed by atoms with Gasteiger partial charge in [-0.05, 0) is 55.6 Å². The number of fused-ring (bicyclic) bond motifs is 1.